The van der Waals surface area contributed by atoms with Crippen molar-refractivity contribution < 1.29 is 9.53 Å². The van der Waals surface area contributed by atoms with Crippen LogP contribution in [0.2, 0.25) is 0 Å². The maximum Gasteiger partial charge on any atom is 0.251 e. The molecule has 1 aliphatic carbocycles. The summed E-state index contributed by atoms with van der Waals surface area (Å²) in [4.78, 5) is 21.3. The first-order chi connectivity index (χ1) is 13.8. The van der Waals surface area contributed by atoms with Crippen molar-refractivity contribution in [3.8, 4) is 11.3 Å². The second-order valence-corrected chi connectivity index (χ2v) is 7.69. The third kappa shape index (κ3) is 4.87. The number of hydrogen-bond acceptors (Lipinski definition) is 5. The summed E-state index contributed by atoms with van der Waals surface area (Å²) in [5, 5.41) is 6.51. The molecule has 4 rings (SSSR count). The van der Waals surface area contributed by atoms with Gasteiger partial charge in [0.2, 0.25) is 0 Å². The molecule has 2 aliphatic rings. The van der Waals surface area contributed by atoms with E-state index in [0.717, 1.165) is 36.5 Å². The van der Waals surface area contributed by atoms with Crippen LogP contribution in [0.1, 0.15) is 55.3 Å². The summed E-state index contributed by atoms with van der Waals surface area (Å²) < 4.78 is 5.57. The molecule has 1 aliphatic heterocycles. The first-order valence-corrected chi connectivity index (χ1v) is 10.4. The summed E-state index contributed by atoms with van der Waals surface area (Å²) in [5.41, 5.74) is 2.37. The zero-order valence-electron chi connectivity index (χ0n) is 16.2. The van der Waals surface area contributed by atoms with Crippen LogP contribution in [-0.2, 0) is 4.74 Å². The molecular formula is C22H28N4O2. The predicted octanol–water partition coefficient (Wildman–Crippen LogP) is 3.80. The highest BCUT2D eigenvalue weighted by atomic mass is 16.5. The van der Waals surface area contributed by atoms with Crippen LogP contribution < -0.4 is 10.6 Å². The van der Waals surface area contributed by atoms with Crippen LogP contribution in [0.3, 0.4) is 0 Å². The summed E-state index contributed by atoms with van der Waals surface area (Å²) in [6, 6.07) is 10.1. The largest absolute Gasteiger partial charge is 0.376 e. The molecule has 6 heteroatoms. The summed E-state index contributed by atoms with van der Waals surface area (Å²) in [6.45, 7) is 1.35. The van der Waals surface area contributed by atoms with E-state index in [1.807, 2.05) is 30.3 Å². The zero-order chi connectivity index (χ0) is 19.2. The van der Waals surface area contributed by atoms with E-state index >= 15 is 0 Å². The maximum absolute atomic E-state index is 12.5. The number of aromatic nitrogens is 2. The molecule has 2 heterocycles. The lowest BCUT2D eigenvalue weighted by Gasteiger charge is -2.23. The fourth-order valence-electron chi connectivity index (χ4n) is 3.98. The van der Waals surface area contributed by atoms with Gasteiger partial charge in [0.1, 0.15) is 12.1 Å². The Morgan fingerprint density at radius 3 is 2.79 bits per heavy atom. The quantitative estimate of drug-likeness (QED) is 0.797. The summed E-state index contributed by atoms with van der Waals surface area (Å²) in [6.07, 6.45) is 10.1. The SMILES string of the molecule is O=C(NCC1CCCO1)c1cccc(-c2cc(NC3CCCCC3)ncn2)c1. The van der Waals surface area contributed by atoms with Gasteiger partial charge in [-0.3, -0.25) is 4.79 Å². The summed E-state index contributed by atoms with van der Waals surface area (Å²) in [5.74, 6) is 0.775. The normalized spacial score (nSPS) is 20.1. The Hall–Kier alpha value is -2.47. The fourth-order valence-corrected chi connectivity index (χ4v) is 3.98. The lowest BCUT2D eigenvalue weighted by Crippen LogP contribution is -2.31. The number of anilines is 1. The summed E-state index contributed by atoms with van der Waals surface area (Å²) in [7, 11) is 0. The van der Waals surface area contributed by atoms with E-state index in [1.165, 1.54) is 32.1 Å². The number of nitrogens with zero attached hydrogens (tertiary/aromatic N) is 2. The Morgan fingerprint density at radius 1 is 1.07 bits per heavy atom. The van der Waals surface area contributed by atoms with Gasteiger partial charge >= 0.3 is 0 Å². The molecule has 2 aromatic rings. The van der Waals surface area contributed by atoms with Gasteiger partial charge in [0.05, 0.1) is 11.8 Å². The molecule has 1 saturated heterocycles. The molecule has 0 spiro atoms. The highest BCUT2D eigenvalue weighted by Gasteiger charge is 2.17. The van der Waals surface area contributed by atoms with Crippen LogP contribution in [-0.4, -0.2) is 41.2 Å². The highest BCUT2D eigenvalue weighted by Crippen LogP contribution is 2.24. The molecule has 6 nitrogen and oxygen atoms in total. The van der Waals surface area contributed by atoms with Crippen LogP contribution in [0.15, 0.2) is 36.7 Å². The highest BCUT2D eigenvalue weighted by molar-refractivity contribution is 5.95. The summed E-state index contributed by atoms with van der Waals surface area (Å²) >= 11 is 0. The number of carbonyl (C=O) groups excluding carboxylic acids is 1. The molecule has 148 valence electrons. The van der Waals surface area contributed by atoms with Crippen LogP contribution in [0.4, 0.5) is 5.82 Å². The van der Waals surface area contributed by atoms with Crippen molar-refractivity contribution in [3.05, 3.63) is 42.2 Å². The number of amides is 1. The Labute approximate surface area is 166 Å². The van der Waals surface area contributed by atoms with Crippen LogP contribution in [0.25, 0.3) is 11.3 Å². The van der Waals surface area contributed by atoms with Crippen LogP contribution in [0.5, 0.6) is 0 Å². The van der Waals surface area contributed by atoms with Crippen molar-refractivity contribution in [2.24, 2.45) is 0 Å². The van der Waals surface area contributed by atoms with Crippen LogP contribution >= 0.6 is 0 Å². The molecule has 0 radical (unpaired) electrons. The molecule has 1 unspecified atom stereocenters. The standard InChI is InChI=1S/C22H28N4O2/c27-22(23-14-19-10-5-11-28-19)17-7-4-6-16(12-17)20-13-21(25-15-24-20)26-18-8-2-1-3-9-18/h4,6-7,12-13,15,18-19H,1-3,5,8-11,14H2,(H,23,27)(H,24,25,26). The zero-order valence-corrected chi connectivity index (χ0v) is 16.2. The average Bonchev–Trinajstić information content (AvgIpc) is 3.27. The first-order valence-electron chi connectivity index (χ1n) is 10.4. The average molecular weight is 380 g/mol. The number of nitrogens with one attached hydrogen (secondary N) is 2. The Morgan fingerprint density at radius 2 is 1.96 bits per heavy atom. The van der Waals surface area contributed by atoms with Crippen LogP contribution in [0, 0.1) is 0 Å². The maximum atomic E-state index is 12.5. The monoisotopic (exact) mass is 380 g/mol. The van der Waals surface area contributed by atoms with E-state index in [1.54, 1.807) is 6.33 Å². The molecule has 2 fully saturated rings. The van der Waals surface area contributed by atoms with Gasteiger partial charge in [-0.15, -0.1) is 0 Å². The number of ether oxygens (including phenoxy) is 1. The molecule has 0 bridgehead atoms. The topological polar surface area (TPSA) is 76.1 Å². The van der Waals surface area contributed by atoms with Gasteiger partial charge in [-0.2, -0.15) is 0 Å². The van der Waals surface area contributed by atoms with E-state index in [-0.39, 0.29) is 12.0 Å². The van der Waals surface area contributed by atoms with Crippen molar-refractivity contribution in [2.45, 2.75) is 57.1 Å². The van der Waals surface area contributed by atoms with Crippen molar-refractivity contribution >= 4 is 11.7 Å². The second-order valence-electron chi connectivity index (χ2n) is 7.69. The van der Waals surface area contributed by atoms with E-state index in [2.05, 4.69) is 20.6 Å². The van der Waals surface area contributed by atoms with E-state index in [0.29, 0.717) is 18.2 Å². The number of carbonyl (C=O) groups is 1. The van der Waals surface area contributed by atoms with Gasteiger partial charge in [-0.05, 0) is 37.8 Å². The number of benzene rings is 1. The van der Waals surface area contributed by atoms with Gasteiger partial charge in [-0.1, -0.05) is 31.4 Å². The first kappa shape index (κ1) is 18.9. The number of hydrogen-bond donors (Lipinski definition) is 2. The molecular weight excluding hydrogens is 352 g/mol. The van der Waals surface area contributed by atoms with Crippen molar-refractivity contribution in [2.75, 3.05) is 18.5 Å². The third-order valence-electron chi connectivity index (χ3n) is 5.56. The lowest BCUT2D eigenvalue weighted by molar-refractivity contribution is 0.0858. The molecule has 1 atom stereocenters. The molecule has 2 N–H and O–H groups in total. The van der Waals surface area contributed by atoms with Crippen molar-refractivity contribution in [1.29, 1.82) is 0 Å². The molecule has 28 heavy (non-hydrogen) atoms. The Kier molecular flexibility index (Phi) is 6.17. The van der Waals surface area contributed by atoms with Crippen molar-refractivity contribution in [1.82, 2.24) is 15.3 Å². The molecule has 1 amide bonds. The van der Waals surface area contributed by atoms with Gasteiger partial charge in [0.15, 0.2) is 0 Å². The predicted molar refractivity (Wildman–Crippen MR) is 109 cm³/mol. The minimum Gasteiger partial charge on any atom is -0.376 e. The second kappa shape index (κ2) is 9.15. The third-order valence-corrected chi connectivity index (χ3v) is 5.56. The fraction of sp³-hybridized carbons (Fsp3) is 0.500. The Bertz CT molecular complexity index is 799. The minimum atomic E-state index is -0.0769. The van der Waals surface area contributed by atoms with Gasteiger partial charge in [0, 0.05) is 36.4 Å². The Balaban J connectivity index is 1.43. The molecule has 1 aromatic heterocycles. The minimum absolute atomic E-state index is 0.0769. The van der Waals surface area contributed by atoms with Gasteiger partial charge in [-0.25, -0.2) is 9.97 Å². The van der Waals surface area contributed by atoms with Gasteiger partial charge in [0.25, 0.3) is 5.91 Å². The number of rotatable bonds is 6. The molecule has 1 aromatic carbocycles. The van der Waals surface area contributed by atoms with E-state index in [4.69, 9.17) is 4.74 Å². The lowest BCUT2D eigenvalue weighted by atomic mass is 9.95. The smallest absolute Gasteiger partial charge is 0.251 e. The van der Waals surface area contributed by atoms with E-state index in [9.17, 15) is 4.79 Å². The van der Waals surface area contributed by atoms with Gasteiger partial charge < -0.3 is 15.4 Å². The van der Waals surface area contributed by atoms with Crippen molar-refractivity contribution in [3.63, 3.8) is 0 Å². The van der Waals surface area contributed by atoms with E-state index < -0.39 is 0 Å². The molecule has 1 saturated carbocycles.